The zero-order valence-electron chi connectivity index (χ0n) is 10.6. The topological polar surface area (TPSA) is 33.2 Å². The highest BCUT2D eigenvalue weighted by Crippen LogP contribution is 2.16. The van der Waals surface area contributed by atoms with Gasteiger partial charge in [-0.3, -0.25) is 14.7 Å². The van der Waals surface area contributed by atoms with Crippen LogP contribution in [0.2, 0.25) is 0 Å². The van der Waals surface area contributed by atoms with Crippen LogP contribution in [0.15, 0.2) is 36.7 Å². The van der Waals surface area contributed by atoms with E-state index in [2.05, 4.69) is 4.98 Å². The number of thiophene rings is 1. The van der Waals surface area contributed by atoms with E-state index in [1.54, 1.807) is 23.7 Å². The first-order valence-electron chi connectivity index (χ1n) is 5.82. The Labute approximate surface area is 111 Å². The Morgan fingerprint density at radius 1 is 1.28 bits per heavy atom. The lowest BCUT2D eigenvalue weighted by Crippen LogP contribution is -2.25. The lowest BCUT2D eigenvalue weighted by atomic mass is 10.2. The number of nitrogens with zero attached hydrogens (tertiary/aromatic N) is 2. The molecule has 4 heteroatoms. The third-order valence-electron chi connectivity index (χ3n) is 2.63. The van der Waals surface area contributed by atoms with Crippen molar-refractivity contribution in [2.24, 2.45) is 0 Å². The minimum absolute atomic E-state index is 0.185. The van der Waals surface area contributed by atoms with Crippen molar-refractivity contribution >= 4 is 17.1 Å². The minimum atomic E-state index is 0.185. The molecule has 0 aliphatic rings. The number of ketones is 1. The normalized spacial score (nSPS) is 10.8. The van der Waals surface area contributed by atoms with E-state index in [0.717, 1.165) is 11.4 Å². The van der Waals surface area contributed by atoms with Crippen molar-refractivity contribution in [3.63, 3.8) is 0 Å². The molecule has 0 saturated carbocycles. The maximum absolute atomic E-state index is 12.0. The minimum Gasteiger partial charge on any atom is -0.295 e. The van der Waals surface area contributed by atoms with Gasteiger partial charge in [0.1, 0.15) is 0 Å². The number of likely N-dealkylation sites (N-methyl/N-ethyl adjacent to an activating group) is 1. The molecule has 0 bridgehead atoms. The first kappa shape index (κ1) is 12.9. The van der Waals surface area contributed by atoms with Crippen LogP contribution in [-0.2, 0) is 6.54 Å². The predicted molar refractivity (Wildman–Crippen MR) is 74.0 cm³/mol. The average Bonchev–Trinajstić information content (AvgIpc) is 2.77. The summed E-state index contributed by atoms with van der Waals surface area (Å²) >= 11 is 1.56. The number of carbonyl (C=O) groups excluding carboxylic acids is 1. The summed E-state index contributed by atoms with van der Waals surface area (Å²) in [6, 6.07) is 7.83. The molecule has 0 amide bonds. The van der Waals surface area contributed by atoms with Gasteiger partial charge in [0.05, 0.1) is 11.4 Å². The van der Waals surface area contributed by atoms with Gasteiger partial charge in [0.15, 0.2) is 5.78 Å². The zero-order valence-corrected chi connectivity index (χ0v) is 11.4. The quantitative estimate of drug-likeness (QED) is 0.775. The van der Waals surface area contributed by atoms with Crippen molar-refractivity contribution in [1.29, 1.82) is 0 Å². The van der Waals surface area contributed by atoms with Crippen LogP contribution < -0.4 is 0 Å². The van der Waals surface area contributed by atoms with E-state index in [9.17, 15) is 4.79 Å². The second-order valence-electron chi connectivity index (χ2n) is 4.36. The molecule has 0 saturated heterocycles. The summed E-state index contributed by atoms with van der Waals surface area (Å²) in [7, 11) is 1.96. The lowest BCUT2D eigenvalue weighted by Gasteiger charge is -2.15. The Morgan fingerprint density at radius 3 is 2.61 bits per heavy atom. The summed E-state index contributed by atoms with van der Waals surface area (Å²) in [5.74, 6) is 0.185. The molecule has 0 atom stereocenters. The van der Waals surface area contributed by atoms with Gasteiger partial charge in [-0.05, 0) is 43.8 Å². The zero-order chi connectivity index (χ0) is 13.0. The molecule has 0 aliphatic carbocycles. The third-order valence-corrected chi connectivity index (χ3v) is 3.67. The van der Waals surface area contributed by atoms with Gasteiger partial charge in [-0.25, -0.2) is 0 Å². The van der Waals surface area contributed by atoms with Gasteiger partial charge in [0.2, 0.25) is 0 Å². The first-order chi connectivity index (χ1) is 8.65. The fourth-order valence-electron chi connectivity index (χ4n) is 1.76. The Bertz CT molecular complexity index is 522. The molecular formula is C14H16N2OS. The van der Waals surface area contributed by atoms with Crippen LogP contribution >= 0.6 is 11.3 Å². The molecule has 0 fully saturated rings. The number of aromatic nitrogens is 1. The first-order valence-corrected chi connectivity index (χ1v) is 6.64. The monoisotopic (exact) mass is 260 g/mol. The average molecular weight is 260 g/mol. The van der Waals surface area contributed by atoms with Crippen molar-refractivity contribution in [2.45, 2.75) is 13.5 Å². The van der Waals surface area contributed by atoms with Crippen molar-refractivity contribution in [1.82, 2.24) is 9.88 Å². The fourth-order valence-corrected chi connectivity index (χ4v) is 2.56. The number of pyridine rings is 1. The van der Waals surface area contributed by atoms with Gasteiger partial charge in [-0.15, -0.1) is 11.3 Å². The van der Waals surface area contributed by atoms with Gasteiger partial charge in [0.25, 0.3) is 0 Å². The van der Waals surface area contributed by atoms with E-state index in [1.807, 2.05) is 43.1 Å². The molecule has 0 aliphatic heterocycles. The molecular weight excluding hydrogens is 244 g/mol. The van der Waals surface area contributed by atoms with E-state index in [4.69, 9.17) is 0 Å². The van der Waals surface area contributed by atoms with Crippen LogP contribution in [0.3, 0.4) is 0 Å². The smallest absolute Gasteiger partial charge is 0.186 e. The second-order valence-corrected chi connectivity index (χ2v) is 5.65. The van der Waals surface area contributed by atoms with Crippen molar-refractivity contribution in [3.05, 3.63) is 52.0 Å². The van der Waals surface area contributed by atoms with E-state index in [1.165, 1.54) is 10.4 Å². The van der Waals surface area contributed by atoms with Crippen molar-refractivity contribution in [2.75, 3.05) is 13.6 Å². The number of Topliss-reactive ketones (excluding diaryl/α,β-unsaturated/α-hetero) is 1. The molecule has 0 unspecified atom stereocenters. The molecule has 0 N–H and O–H groups in total. The Hall–Kier alpha value is -1.52. The molecule has 2 aromatic heterocycles. The molecule has 18 heavy (non-hydrogen) atoms. The Morgan fingerprint density at radius 2 is 2.00 bits per heavy atom. The third kappa shape index (κ3) is 3.48. The molecule has 0 radical (unpaired) electrons. The molecule has 94 valence electrons. The number of hydrogen-bond acceptors (Lipinski definition) is 4. The van der Waals surface area contributed by atoms with Crippen LogP contribution in [0, 0.1) is 6.92 Å². The number of carbonyl (C=O) groups is 1. The van der Waals surface area contributed by atoms with Crippen LogP contribution in [0.1, 0.15) is 20.1 Å². The van der Waals surface area contributed by atoms with Gasteiger partial charge >= 0.3 is 0 Å². The number of rotatable bonds is 5. The molecule has 0 aromatic carbocycles. The molecule has 2 heterocycles. The van der Waals surface area contributed by atoms with Crippen LogP contribution in [-0.4, -0.2) is 29.3 Å². The summed E-state index contributed by atoms with van der Waals surface area (Å²) in [6.07, 6.45) is 3.54. The van der Waals surface area contributed by atoms with E-state index >= 15 is 0 Å². The number of aryl methyl sites for hydroxylation is 1. The van der Waals surface area contributed by atoms with Crippen molar-refractivity contribution in [3.8, 4) is 0 Å². The molecule has 0 spiro atoms. The summed E-state index contributed by atoms with van der Waals surface area (Å²) in [5.41, 5.74) is 1.17. The van der Waals surface area contributed by atoms with Crippen LogP contribution in [0.25, 0.3) is 0 Å². The van der Waals surface area contributed by atoms with Crippen LogP contribution in [0.4, 0.5) is 0 Å². The SMILES string of the molecule is Cc1ccc(C(=O)CN(C)Cc2ccncc2)s1. The van der Waals surface area contributed by atoms with Gasteiger partial charge in [0, 0.05) is 23.8 Å². The van der Waals surface area contributed by atoms with E-state index in [-0.39, 0.29) is 5.78 Å². The standard InChI is InChI=1S/C14H16N2OS/c1-11-3-4-14(18-11)13(17)10-16(2)9-12-5-7-15-8-6-12/h3-8H,9-10H2,1-2H3. The number of hydrogen-bond donors (Lipinski definition) is 0. The van der Waals surface area contributed by atoms with Crippen molar-refractivity contribution < 1.29 is 4.79 Å². The van der Waals surface area contributed by atoms with Gasteiger partial charge in [-0.2, -0.15) is 0 Å². The Kier molecular flexibility index (Phi) is 4.23. The molecule has 2 aromatic rings. The molecule has 2 rings (SSSR count). The largest absolute Gasteiger partial charge is 0.295 e. The second kappa shape index (κ2) is 5.89. The van der Waals surface area contributed by atoms with Gasteiger partial charge < -0.3 is 0 Å². The maximum atomic E-state index is 12.0. The molecule has 3 nitrogen and oxygen atoms in total. The van der Waals surface area contributed by atoms with Gasteiger partial charge in [-0.1, -0.05) is 0 Å². The fraction of sp³-hybridized carbons (Fsp3) is 0.286. The van der Waals surface area contributed by atoms with E-state index in [0.29, 0.717) is 6.54 Å². The van der Waals surface area contributed by atoms with Crippen LogP contribution in [0.5, 0.6) is 0 Å². The summed E-state index contributed by atoms with van der Waals surface area (Å²) in [4.78, 5) is 20.0. The summed E-state index contributed by atoms with van der Waals surface area (Å²) in [6.45, 7) is 3.23. The summed E-state index contributed by atoms with van der Waals surface area (Å²) in [5, 5.41) is 0. The van der Waals surface area contributed by atoms with E-state index < -0.39 is 0 Å². The highest BCUT2D eigenvalue weighted by molar-refractivity contribution is 7.14. The predicted octanol–water partition coefficient (Wildman–Crippen LogP) is 2.77. The Balaban J connectivity index is 1.92. The lowest BCUT2D eigenvalue weighted by molar-refractivity contribution is 0.0947. The highest BCUT2D eigenvalue weighted by Gasteiger charge is 2.11. The summed E-state index contributed by atoms with van der Waals surface area (Å²) < 4.78 is 0. The highest BCUT2D eigenvalue weighted by atomic mass is 32.1. The maximum Gasteiger partial charge on any atom is 0.186 e.